The van der Waals surface area contributed by atoms with Crippen molar-refractivity contribution in [1.82, 2.24) is 5.32 Å². The van der Waals surface area contributed by atoms with Crippen molar-refractivity contribution in [2.75, 3.05) is 18.5 Å². The third-order valence-corrected chi connectivity index (χ3v) is 3.99. The summed E-state index contributed by atoms with van der Waals surface area (Å²) in [5.41, 5.74) is 2.61. The first-order valence-corrected chi connectivity index (χ1v) is 7.75. The van der Waals surface area contributed by atoms with E-state index in [0.717, 1.165) is 19.3 Å². The summed E-state index contributed by atoms with van der Waals surface area (Å²) in [6.45, 7) is 0.644. The fourth-order valence-corrected chi connectivity index (χ4v) is 2.79. The van der Waals surface area contributed by atoms with E-state index in [4.69, 9.17) is 4.74 Å². The minimum Gasteiger partial charge on any atom is -0.482 e. The predicted octanol–water partition coefficient (Wildman–Crippen LogP) is 2.64. The Kier molecular flexibility index (Phi) is 4.42. The molecule has 0 radical (unpaired) electrons. The highest BCUT2D eigenvalue weighted by atomic mass is 16.5. The van der Waals surface area contributed by atoms with Crippen molar-refractivity contribution in [3.63, 3.8) is 0 Å². The first kappa shape index (κ1) is 14.6. The summed E-state index contributed by atoms with van der Waals surface area (Å²) >= 11 is 0. The monoisotopic (exact) mass is 300 g/mol. The van der Waals surface area contributed by atoms with E-state index in [1.54, 1.807) is 18.2 Å². The van der Waals surface area contributed by atoms with Crippen LogP contribution in [0.4, 0.5) is 5.69 Å². The van der Waals surface area contributed by atoms with Gasteiger partial charge in [0.05, 0.1) is 5.69 Å². The van der Waals surface area contributed by atoms with Gasteiger partial charge in [0.15, 0.2) is 6.61 Å². The van der Waals surface area contributed by atoms with E-state index in [1.807, 2.05) is 0 Å². The first-order valence-electron chi connectivity index (χ1n) is 7.75. The average molecular weight is 300 g/mol. The van der Waals surface area contributed by atoms with Crippen LogP contribution >= 0.6 is 0 Å². The van der Waals surface area contributed by atoms with Gasteiger partial charge in [0.2, 0.25) is 0 Å². The van der Waals surface area contributed by atoms with Crippen LogP contribution in [-0.4, -0.2) is 25.0 Å². The molecule has 0 spiro atoms. The smallest absolute Gasteiger partial charge is 0.262 e. The van der Waals surface area contributed by atoms with Crippen LogP contribution in [0.15, 0.2) is 29.8 Å². The fourth-order valence-electron chi connectivity index (χ4n) is 2.79. The molecule has 1 heterocycles. The molecule has 1 aliphatic heterocycles. The van der Waals surface area contributed by atoms with Crippen LogP contribution < -0.4 is 15.4 Å². The van der Waals surface area contributed by atoms with Crippen molar-refractivity contribution in [3.05, 3.63) is 35.4 Å². The van der Waals surface area contributed by atoms with Gasteiger partial charge >= 0.3 is 0 Å². The highest BCUT2D eigenvalue weighted by molar-refractivity contribution is 5.98. The highest BCUT2D eigenvalue weighted by Crippen LogP contribution is 2.28. The minimum absolute atomic E-state index is 0.00771. The molecule has 0 saturated heterocycles. The Morgan fingerprint density at radius 2 is 2.23 bits per heavy atom. The number of carbonyl (C=O) groups is 2. The zero-order chi connectivity index (χ0) is 15.4. The Morgan fingerprint density at radius 3 is 3.05 bits per heavy atom. The van der Waals surface area contributed by atoms with Crippen molar-refractivity contribution >= 4 is 17.5 Å². The summed E-state index contributed by atoms with van der Waals surface area (Å²) in [5.74, 6) is 0.257. The van der Waals surface area contributed by atoms with Crippen molar-refractivity contribution < 1.29 is 14.3 Å². The number of hydrogen-bond donors (Lipinski definition) is 2. The second kappa shape index (κ2) is 6.64. The molecule has 0 bridgehead atoms. The molecule has 0 unspecified atom stereocenters. The number of amides is 2. The second-order valence-electron chi connectivity index (χ2n) is 5.66. The molecule has 2 aliphatic rings. The van der Waals surface area contributed by atoms with E-state index in [-0.39, 0.29) is 18.4 Å². The molecule has 2 N–H and O–H groups in total. The highest BCUT2D eigenvalue weighted by Gasteiger charge is 2.17. The Hall–Kier alpha value is -2.30. The topological polar surface area (TPSA) is 67.4 Å². The molecule has 1 aromatic carbocycles. The van der Waals surface area contributed by atoms with Gasteiger partial charge in [-0.25, -0.2) is 0 Å². The summed E-state index contributed by atoms with van der Waals surface area (Å²) < 4.78 is 5.33. The summed E-state index contributed by atoms with van der Waals surface area (Å²) in [4.78, 5) is 23.4. The number of ether oxygens (including phenoxy) is 1. The molecule has 1 aliphatic carbocycles. The number of rotatable bonds is 4. The van der Waals surface area contributed by atoms with Gasteiger partial charge in [0, 0.05) is 12.1 Å². The Balaban J connectivity index is 1.56. The van der Waals surface area contributed by atoms with Gasteiger partial charge in [-0.2, -0.15) is 0 Å². The third kappa shape index (κ3) is 3.47. The lowest BCUT2D eigenvalue weighted by atomic mass is 9.97. The van der Waals surface area contributed by atoms with Gasteiger partial charge in [-0.3, -0.25) is 9.59 Å². The molecule has 2 amide bonds. The van der Waals surface area contributed by atoms with E-state index in [2.05, 4.69) is 16.7 Å². The van der Waals surface area contributed by atoms with E-state index < -0.39 is 0 Å². The minimum atomic E-state index is -0.176. The number of nitrogens with one attached hydrogen (secondary N) is 2. The normalized spacial score (nSPS) is 16.9. The maximum absolute atomic E-state index is 12.2. The maximum atomic E-state index is 12.2. The number of hydrogen-bond acceptors (Lipinski definition) is 3. The number of anilines is 1. The van der Waals surface area contributed by atoms with Crippen LogP contribution in [0.2, 0.25) is 0 Å². The average Bonchev–Trinajstić information content (AvgIpc) is 2.55. The van der Waals surface area contributed by atoms with Gasteiger partial charge in [-0.1, -0.05) is 11.6 Å². The predicted molar refractivity (Wildman–Crippen MR) is 84.1 cm³/mol. The van der Waals surface area contributed by atoms with E-state index in [0.29, 0.717) is 23.5 Å². The molecular weight excluding hydrogens is 280 g/mol. The van der Waals surface area contributed by atoms with Gasteiger partial charge in [-0.15, -0.1) is 0 Å². The van der Waals surface area contributed by atoms with Crippen LogP contribution in [0.3, 0.4) is 0 Å². The number of fused-ring (bicyclic) bond motifs is 1. The van der Waals surface area contributed by atoms with E-state index in [1.165, 1.54) is 18.4 Å². The third-order valence-electron chi connectivity index (χ3n) is 3.99. The molecule has 0 fully saturated rings. The second-order valence-corrected chi connectivity index (χ2v) is 5.66. The summed E-state index contributed by atoms with van der Waals surface area (Å²) in [6.07, 6.45) is 8.07. The lowest BCUT2D eigenvalue weighted by molar-refractivity contribution is -0.118. The van der Waals surface area contributed by atoms with Crippen molar-refractivity contribution in [3.8, 4) is 5.75 Å². The summed E-state index contributed by atoms with van der Waals surface area (Å²) in [6, 6.07) is 5.07. The molecule has 0 atom stereocenters. The summed E-state index contributed by atoms with van der Waals surface area (Å²) in [5, 5.41) is 5.65. The maximum Gasteiger partial charge on any atom is 0.262 e. The standard InChI is InChI=1S/C17H20N2O3/c20-16-11-22-15-10-13(6-7-14(15)19-16)17(21)18-9-8-12-4-2-1-3-5-12/h4,6-7,10H,1-3,5,8-9,11H2,(H,18,21)(H,19,20). The van der Waals surface area contributed by atoms with Crippen LogP contribution in [0.1, 0.15) is 42.5 Å². The van der Waals surface area contributed by atoms with Crippen LogP contribution in [0, 0.1) is 0 Å². The Labute approximate surface area is 129 Å². The molecular formula is C17H20N2O3. The SMILES string of the molecule is O=C1COc2cc(C(=O)NCCC3=CCCCC3)ccc2N1. The quantitative estimate of drug-likeness (QED) is 0.840. The summed E-state index contributed by atoms with van der Waals surface area (Å²) in [7, 11) is 0. The van der Waals surface area contributed by atoms with Gasteiger partial charge in [0.25, 0.3) is 11.8 Å². The molecule has 5 heteroatoms. The number of allylic oxidation sites excluding steroid dienone is 1. The molecule has 3 rings (SSSR count). The van der Waals surface area contributed by atoms with Crippen LogP contribution in [-0.2, 0) is 4.79 Å². The zero-order valence-electron chi connectivity index (χ0n) is 12.5. The zero-order valence-corrected chi connectivity index (χ0v) is 12.5. The molecule has 5 nitrogen and oxygen atoms in total. The van der Waals surface area contributed by atoms with Crippen molar-refractivity contribution in [1.29, 1.82) is 0 Å². The number of benzene rings is 1. The fraction of sp³-hybridized carbons (Fsp3) is 0.412. The Morgan fingerprint density at radius 1 is 1.32 bits per heavy atom. The van der Waals surface area contributed by atoms with Crippen molar-refractivity contribution in [2.24, 2.45) is 0 Å². The first-order chi connectivity index (χ1) is 10.7. The largest absolute Gasteiger partial charge is 0.482 e. The molecule has 116 valence electrons. The lowest BCUT2D eigenvalue weighted by Gasteiger charge is -2.18. The molecule has 22 heavy (non-hydrogen) atoms. The number of carbonyl (C=O) groups excluding carboxylic acids is 2. The molecule has 0 saturated carbocycles. The van der Waals surface area contributed by atoms with Gasteiger partial charge < -0.3 is 15.4 Å². The molecule has 1 aromatic rings. The van der Waals surface area contributed by atoms with Gasteiger partial charge in [0.1, 0.15) is 5.75 Å². The lowest BCUT2D eigenvalue weighted by Crippen LogP contribution is -2.27. The van der Waals surface area contributed by atoms with E-state index >= 15 is 0 Å². The van der Waals surface area contributed by atoms with Crippen LogP contribution in [0.5, 0.6) is 5.75 Å². The van der Waals surface area contributed by atoms with E-state index in [9.17, 15) is 9.59 Å². The van der Waals surface area contributed by atoms with Gasteiger partial charge in [-0.05, 0) is 50.3 Å². The van der Waals surface area contributed by atoms with Crippen molar-refractivity contribution in [2.45, 2.75) is 32.1 Å². The Bertz CT molecular complexity index is 622. The molecule has 0 aromatic heterocycles. The van der Waals surface area contributed by atoms with Crippen LogP contribution in [0.25, 0.3) is 0 Å².